The van der Waals surface area contributed by atoms with Crippen molar-refractivity contribution in [1.29, 1.82) is 0 Å². The molecule has 0 aliphatic carbocycles. The molecule has 1 saturated heterocycles. The van der Waals surface area contributed by atoms with Crippen LogP contribution in [0.5, 0.6) is 5.75 Å². The Morgan fingerprint density at radius 2 is 1.76 bits per heavy atom. The van der Waals surface area contributed by atoms with E-state index in [0.29, 0.717) is 6.61 Å². The number of hydrogen-bond acceptors (Lipinski definition) is 3. The summed E-state index contributed by atoms with van der Waals surface area (Å²) in [5.41, 5.74) is 3.95. The van der Waals surface area contributed by atoms with E-state index in [1.165, 1.54) is 11.1 Å². The van der Waals surface area contributed by atoms with Crippen molar-refractivity contribution in [2.45, 2.75) is 51.7 Å². The number of hydrogen-bond donors (Lipinski definition) is 1. The molecule has 3 nitrogen and oxygen atoms in total. The Labute approximate surface area is 151 Å². The fourth-order valence-corrected chi connectivity index (χ4v) is 2.96. The summed E-state index contributed by atoms with van der Waals surface area (Å²) in [7, 11) is 0. The summed E-state index contributed by atoms with van der Waals surface area (Å²) in [5.74, 6) is 0.899. The van der Waals surface area contributed by atoms with E-state index in [9.17, 15) is 0 Å². The molecule has 1 fully saturated rings. The summed E-state index contributed by atoms with van der Waals surface area (Å²) in [6.07, 6.45) is 2.51. The van der Waals surface area contributed by atoms with Gasteiger partial charge in [-0.1, -0.05) is 45.0 Å². The van der Waals surface area contributed by atoms with Crippen LogP contribution in [0.3, 0.4) is 0 Å². The summed E-state index contributed by atoms with van der Waals surface area (Å²) in [5, 5.41) is 3.46. The van der Waals surface area contributed by atoms with Gasteiger partial charge in [0.2, 0.25) is 0 Å². The highest BCUT2D eigenvalue weighted by Crippen LogP contribution is 2.23. The zero-order valence-electron chi connectivity index (χ0n) is 15.5. The minimum absolute atomic E-state index is 0.200. The van der Waals surface area contributed by atoms with Crippen molar-refractivity contribution >= 4 is 5.69 Å². The van der Waals surface area contributed by atoms with E-state index in [2.05, 4.69) is 62.5 Å². The first-order chi connectivity index (χ1) is 12.0. The minimum atomic E-state index is 0.200. The Morgan fingerprint density at radius 3 is 2.36 bits per heavy atom. The third kappa shape index (κ3) is 5.23. The van der Waals surface area contributed by atoms with Gasteiger partial charge in [0.25, 0.3) is 0 Å². The lowest BCUT2D eigenvalue weighted by Gasteiger charge is -2.19. The molecule has 134 valence electrons. The van der Waals surface area contributed by atoms with Gasteiger partial charge >= 0.3 is 0 Å². The van der Waals surface area contributed by atoms with Crippen LogP contribution in [0, 0.1) is 0 Å². The van der Waals surface area contributed by atoms with Gasteiger partial charge in [0.1, 0.15) is 12.4 Å². The molecule has 0 aromatic heterocycles. The van der Waals surface area contributed by atoms with Crippen molar-refractivity contribution in [1.82, 2.24) is 0 Å². The third-order valence-electron chi connectivity index (χ3n) is 4.63. The molecule has 0 amide bonds. The van der Waals surface area contributed by atoms with E-state index in [0.717, 1.165) is 37.4 Å². The largest absolute Gasteiger partial charge is 0.491 e. The fraction of sp³-hybridized carbons (Fsp3) is 0.455. The van der Waals surface area contributed by atoms with Gasteiger partial charge in [0.15, 0.2) is 0 Å². The lowest BCUT2D eigenvalue weighted by atomic mass is 9.87. The molecule has 0 bridgehead atoms. The van der Waals surface area contributed by atoms with Crippen LogP contribution in [-0.4, -0.2) is 19.3 Å². The average Bonchev–Trinajstić information content (AvgIpc) is 3.12. The zero-order valence-corrected chi connectivity index (χ0v) is 15.5. The summed E-state index contributed by atoms with van der Waals surface area (Å²) in [6, 6.07) is 17.0. The van der Waals surface area contributed by atoms with E-state index in [1.54, 1.807) is 0 Å². The van der Waals surface area contributed by atoms with Gasteiger partial charge in [-0.25, -0.2) is 0 Å². The smallest absolute Gasteiger partial charge is 0.119 e. The molecule has 0 spiro atoms. The van der Waals surface area contributed by atoms with Crippen molar-refractivity contribution in [2.75, 3.05) is 18.5 Å². The van der Waals surface area contributed by atoms with Gasteiger partial charge in [-0.3, -0.25) is 0 Å². The molecule has 3 rings (SSSR count). The normalized spacial score (nSPS) is 17.5. The second-order valence-electron chi connectivity index (χ2n) is 7.77. The van der Waals surface area contributed by atoms with Gasteiger partial charge in [-0.05, 0) is 53.6 Å². The van der Waals surface area contributed by atoms with Crippen molar-refractivity contribution in [3.63, 3.8) is 0 Å². The monoisotopic (exact) mass is 339 g/mol. The van der Waals surface area contributed by atoms with Crippen molar-refractivity contribution in [3.05, 3.63) is 59.7 Å². The molecule has 1 aliphatic rings. The van der Waals surface area contributed by atoms with Gasteiger partial charge in [0, 0.05) is 18.8 Å². The van der Waals surface area contributed by atoms with Gasteiger partial charge in [-0.15, -0.1) is 0 Å². The van der Waals surface area contributed by atoms with Crippen molar-refractivity contribution < 1.29 is 9.47 Å². The Bertz CT molecular complexity index is 650. The lowest BCUT2D eigenvalue weighted by molar-refractivity contribution is 0.0679. The van der Waals surface area contributed by atoms with Crippen LogP contribution in [0.15, 0.2) is 48.5 Å². The second kappa shape index (κ2) is 7.92. The predicted molar refractivity (Wildman–Crippen MR) is 103 cm³/mol. The number of benzene rings is 2. The van der Waals surface area contributed by atoms with E-state index in [-0.39, 0.29) is 11.5 Å². The maximum absolute atomic E-state index is 5.80. The second-order valence-corrected chi connectivity index (χ2v) is 7.77. The van der Waals surface area contributed by atoms with Crippen molar-refractivity contribution in [3.8, 4) is 5.75 Å². The van der Waals surface area contributed by atoms with Crippen LogP contribution in [0.2, 0.25) is 0 Å². The molecule has 0 radical (unpaired) electrons. The van der Waals surface area contributed by atoms with Crippen LogP contribution < -0.4 is 10.1 Å². The van der Waals surface area contributed by atoms with E-state index in [1.807, 2.05) is 12.1 Å². The summed E-state index contributed by atoms with van der Waals surface area (Å²) in [6.45, 7) is 9.05. The Hall–Kier alpha value is -2.00. The SMILES string of the molecule is CC(C)(C)c1ccc(CNc2ccc(OC[C@@H]3CCCO3)cc2)cc1. The lowest BCUT2D eigenvalue weighted by Crippen LogP contribution is -2.16. The van der Waals surface area contributed by atoms with E-state index < -0.39 is 0 Å². The molecule has 1 atom stereocenters. The first kappa shape index (κ1) is 17.8. The zero-order chi connectivity index (χ0) is 17.7. The third-order valence-corrected chi connectivity index (χ3v) is 4.63. The molecule has 0 unspecified atom stereocenters. The molecular weight excluding hydrogens is 310 g/mol. The number of nitrogens with one attached hydrogen (secondary N) is 1. The summed E-state index contributed by atoms with van der Waals surface area (Å²) in [4.78, 5) is 0. The molecule has 2 aromatic carbocycles. The standard InChI is InChI=1S/C22H29NO2/c1-22(2,3)18-8-6-17(7-9-18)15-23-19-10-12-20(13-11-19)25-16-21-5-4-14-24-21/h6-13,21,23H,4-5,14-16H2,1-3H3/t21-/m0/s1. The van der Waals surface area contributed by atoms with E-state index >= 15 is 0 Å². The van der Waals surface area contributed by atoms with Crippen LogP contribution in [0.4, 0.5) is 5.69 Å². The molecule has 1 heterocycles. The average molecular weight is 339 g/mol. The maximum atomic E-state index is 5.80. The Balaban J connectivity index is 1.48. The number of rotatable bonds is 6. The van der Waals surface area contributed by atoms with Crippen molar-refractivity contribution in [2.24, 2.45) is 0 Å². The highest BCUT2D eigenvalue weighted by molar-refractivity contribution is 5.47. The van der Waals surface area contributed by atoms with Crippen LogP contribution in [0.1, 0.15) is 44.7 Å². The Morgan fingerprint density at radius 1 is 1.04 bits per heavy atom. The highest BCUT2D eigenvalue weighted by Gasteiger charge is 2.16. The molecule has 2 aromatic rings. The predicted octanol–water partition coefficient (Wildman–Crippen LogP) is 5.15. The van der Waals surface area contributed by atoms with Crippen LogP contribution in [0.25, 0.3) is 0 Å². The van der Waals surface area contributed by atoms with Crippen LogP contribution in [-0.2, 0) is 16.7 Å². The molecule has 25 heavy (non-hydrogen) atoms. The van der Waals surface area contributed by atoms with Crippen LogP contribution >= 0.6 is 0 Å². The quantitative estimate of drug-likeness (QED) is 0.789. The minimum Gasteiger partial charge on any atom is -0.491 e. The Kier molecular flexibility index (Phi) is 5.64. The molecule has 1 aliphatic heterocycles. The molecular formula is C22H29NO2. The highest BCUT2D eigenvalue weighted by atomic mass is 16.5. The summed E-state index contributed by atoms with van der Waals surface area (Å²) < 4.78 is 11.4. The van der Waals surface area contributed by atoms with Gasteiger partial charge in [0.05, 0.1) is 6.10 Å². The summed E-state index contributed by atoms with van der Waals surface area (Å²) >= 11 is 0. The molecule has 0 saturated carbocycles. The van der Waals surface area contributed by atoms with Gasteiger partial charge in [-0.2, -0.15) is 0 Å². The molecule has 1 N–H and O–H groups in total. The first-order valence-corrected chi connectivity index (χ1v) is 9.18. The topological polar surface area (TPSA) is 30.5 Å². The number of anilines is 1. The maximum Gasteiger partial charge on any atom is 0.119 e. The molecule has 3 heteroatoms. The first-order valence-electron chi connectivity index (χ1n) is 9.18. The van der Waals surface area contributed by atoms with E-state index in [4.69, 9.17) is 9.47 Å². The number of ether oxygens (including phenoxy) is 2. The van der Waals surface area contributed by atoms with Gasteiger partial charge < -0.3 is 14.8 Å². The fourth-order valence-electron chi connectivity index (χ4n) is 2.96.